The minimum Gasteiger partial charge on any atom is -0.379 e. The molecular weight excluding hydrogens is 504 g/mol. The number of fused-ring (bicyclic) bond motifs is 2. The maximum Gasteiger partial charge on any atom is 0.255 e. The molecule has 0 bridgehead atoms. The normalized spacial score (nSPS) is 17.8. The van der Waals surface area contributed by atoms with E-state index in [4.69, 9.17) is 4.74 Å². The fourth-order valence-electron chi connectivity index (χ4n) is 6.03. The molecule has 1 saturated heterocycles. The minimum atomic E-state index is -0.0126. The monoisotopic (exact) mass is 546 g/mol. The minimum absolute atomic E-state index is 0.0126. The van der Waals surface area contributed by atoms with E-state index in [0.717, 1.165) is 98.6 Å². The zero-order chi connectivity index (χ0) is 28.2. The van der Waals surface area contributed by atoms with E-state index in [0.29, 0.717) is 25.2 Å². The highest BCUT2D eigenvalue weighted by atomic mass is 16.5. The smallest absolute Gasteiger partial charge is 0.255 e. The van der Waals surface area contributed by atoms with Gasteiger partial charge in [0.25, 0.3) is 5.91 Å². The van der Waals surface area contributed by atoms with Crippen LogP contribution in [0.5, 0.6) is 0 Å². The van der Waals surface area contributed by atoms with Gasteiger partial charge in [-0.3, -0.25) is 19.2 Å². The second kappa shape index (κ2) is 12.5. The van der Waals surface area contributed by atoms with Crippen molar-refractivity contribution >= 4 is 28.5 Å². The third kappa shape index (κ3) is 6.20. The number of hydrogen-bond donors (Lipinski definition) is 0. The number of anilines is 1. The lowest BCUT2D eigenvalue weighted by molar-refractivity contribution is -0.116. The molecule has 40 heavy (non-hydrogen) atoms. The van der Waals surface area contributed by atoms with Crippen LogP contribution in [0.2, 0.25) is 0 Å². The predicted octanol–water partition coefficient (Wildman–Crippen LogP) is 4.38. The summed E-state index contributed by atoms with van der Waals surface area (Å²) in [6.45, 7) is 11.4. The standard InChI is InChI=1S/C31H42N6O3/c1-22-18-27(29-23(2)33-34(4)30(29)32-22)31(39)36-12-8-6-5-7-9-13-37(24(3)38)28-19-25(10-11-26(28)21-36)20-35-14-16-40-17-15-35/h10-11,18-19H,5-9,12-17,20-21H2,1-4H3. The van der Waals surface area contributed by atoms with Crippen molar-refractivity contribution in [2.75, 3.05) is 44.3 Å². The van der Waals surface area contributed by atoms with E-state index in [1.165, 1.54) is 5.56 Å². The van der Waals surface area contributed by atoms with Gasteiger partial charge in [0.15, 0.2) is 5.65 Å². The third-order valence-electron chi connectivity index (χ3n) is 8.12. The highest BCUT2D eigenvalue weighted by Crippen LogP contribution is 2.29. The molecule has 0 N–H and O–H groups in total. The quantitative estimate of drug-likeness (QED) is 0.485. The van der Waals surface area contributed by atoms with Crippen LogP contribution in [0.3, 0.4) is 0 Å². The number of carbonyl (C=O) groups excluding carboxylic acids is 2. The van der Waals surface area contributed by atoms with Crippen LogP contribution >= 0.6 is 0 Å². The van der Waals surface area contributed by atoms with Crippen molar-refractivity contribution in [3.8, 4) is 0 Å². The highest BCUT2D eigenvalue weighted by molar-refractivity contribution is 6.06. The molecule has 0 unspecified atom stereocenters. The van der Waals surface area contributed by atoms with Crippen molar-refractivity contribution in [2.45, 2.75) is 66.0 Å². The molecule has 0 spiro atoms. The van der Waals surface area contributed by atoms with Crippen LogP contribution in [-0.2, 0) is 29.7 Å². The molecule has 0 saturated carbocycles. The number of aryl methyl sites for hydroxylation is 3. The van der Waals surface area contributed by atoms with Gasteiger partial charge in [0.05, 0.1) is 29.9 Å². The Hall–Kier alpha value is -3.30. The van der Waals surface area contributed by atoms with E-state index in [9.17, 15) is 9.59 Å². The van der Waals surface area contributed by atoms with Gasteiger partial charge in [-0.1, -0.05) is 31.4 Å². The first-order valence-electron chi connectivity index (χ1n) is 14.6. The highest BCUT2D eigenvalue weighted by Gasteiger charge is 2.25. The van der Waals surface area contributed by atoms with Gasteiger partial charge in [-0.2, -0.15) is 5.10 Å². The first kappa shape index (κ1) is 28.2. The van der Waals surface area contributed by atoms with Gasteiger partial charge in [0.2, 0.25) is 5.91 Å². The lowest BCUT2D eigenvalue weighted by Crippen LogP contribution is -2.36. The number of carbonyl (C=O) groups is 2. The van der Waals surface area contributed by atoms with Crippen LogP contribution < -0.4 is 4.90 Å². The molecule has 9 nitrogen and oxygen atoms in total. The van der Waals surface area contributed by atoms with Gasteiger partial charge in [0.1, 0.15) is 0 Å². The van der Waals surface area contributed by atoms with Crippen LogP contribution in [0, 0.1) is 13.8 Å². The van der Waals surface area contributed by atoms with Crippen molar-refractivity contribution in [1.82, 2.24) is 24.6 Å². The Morgan fingerprint density at radius 1 is 0.950 bits per heavy atom. The number of pyridine rings is 1. The number of nitrogens with zero attached hydrogens (tertiary/aromatic N) is 6. The third-order valence-corrected chi connectivity index (χ3v) is 8.12. The van der Waals surface area contributed by atoms with Crippen molar-refractivity contribution in [2.24, 2.45) is 7.05 Å². The summed E-state index contributed by atoms with van der Waals surface area (Å²) in [4.78, 5) is 38.1. The molecule has 9 heteroatoms. The van der Waals surface area contributed by atoms with Crippen LogP contribution in [0.4, 0.5) is 5.69 Å². The van der Waals surface area contributed by atoms with E-state index in [-0.39, 0.29) is 11.8 Å². The number of benzene rings is 1. The number of aromatic nitrogens is 3. The summed E-state index contributed by atoms with van der Waals surface area (Å²) in [5, 5.41) is 5.37. The lowest BCUT2D eigenvalue weighted by Gasteiger charge is -2.31. The molecule has 2 amide bonds. The molecular formula is C31H42N6O3. The fraction of sp³-hybridized carbons (Fsp3) is 0.548. The number of amides is 2. The summed E-state index contributed by atoms with van der Waals surface area (Å²) in [5.41, 5.74) is 6.07. The van der Waals surface area contributed by atoms with E-state index in [1.54, 1.807) is 11.6 Å². The molecule has 1 aromatic carbocycles. The molecule has 0 atom stereocenters. The Morgan fingerprint density at radius 3 is 2.42 bits per heavy atom. The maximum atomic E-state index is 14.3. The lowest BCUT2D eigenvalue weighted by atomic mass is 10.0. The average Bonchev–Trinajstić information content (AvgIpc) is 3.21. The molecule has 1 fully saturated rings. The summed E-state index contributed by atoms with van der Waals surface area (Å²) in [7, 11) is 1.87. The SMILES string of the molecule is CC(=O)N1CCCCCCCN(C(=O)c2cc(C)nc3c2c(C)nn3C)Cc2ccc(CN3CCOCC3)cc21. The van der Waals surface area contributed by atoms with Crippen LogP contribution in [0.25, 0.3) is 11.0 Å². The molecule has 4 heterocycles. The summed E-state index contributed by atoms with van der Waals surface area (Å²) in [5.74, 6) is 0.0264. The van der Waals surface area contributed by atoms with Gasteiger partial charge < -0.3 is 14.5 Å². The summed E-state index contributed by atoms with van der Waals surface area (Å²) < 4.78 is 7.28. The molecule has 2 aliphatic rings. The Labute approximate surface area is 237 Å². The molecule has 5 rings (SSSR count). The fourth-order valence-corrected chi connectivity index (χ4v) is 6.03. The average molecular weight is 547 g/mol. The first-order valence-corrected chi connectivity index (χ1v) is 14.6. The van der Waals surface area contributed by atoms with E-state index < -0.39 is 0 Å². The van der Waals surface area contributed by atoms with E-state index >= 15 is 0 Å². The number of morpholine rings is 1. The maximum absolute atomic E-state index is 14.3. The van der Waals surface area contributed by atoms with Crippen molar-refractivity contribution < 1.29 is 14.3 Å². The van der Waals surface area contributed by atoms with Crippen LogP contribution in [-0.4, -0.2) is 75.8 Å². The first-order chi connectivity index (χ1) is 19.3. The molecule has 2 aliphatic heterocycles. The molecule has 3 aromatic rings. The van der Waals surface area contributed by atoms with Gasteiger partial charge in [-0.05, 0) is 49.9 Å². The summed E-state index contributed by atoms with van der Waals surface area (Å²) in [6, 6.07) is 8.33. The Morgan fingerprint density at radius 2 is 1.68 bits per heavy atom. The van der Waals surface area contributed by atoms with Gasteiger partial charge in [-0.25, -0.2) is 4.98 Å². The molecule has 0 aliphatic carbocycles. The van der Waals surface area contributed by atoms with E-state index in [1.807, 2.05) is 36.8 Å². The Balaban J connectivity index is 1.53. The summed E-state index contributed by atoms with van der Waals surface area (Å²) in [6.07, 6.45) is 5.15. The topological polar surface area (TPSA) is 83.8 Å². The molecule has 214 valence electrons. The molecule has 2 aromatic heterocycles. The van der Waals surface area contributed by atoms with Crippen molar-refractivity contribution in [3.05, 3.63) is 52.3 Å². The van der Waals surface area contributed by atoms with Gasteiger partial charge >= 0.3 is 0 Å². The van der Waals surface area contributed by atoms with Crippen molar-refractivity contribution in [3.63, 3.8) is 0 Å². The number of ether oxygens (including phenoxy) is 1. The summed E-state index contributed by atoms with van der Waals surface area (Å²) >= 11 is 0. The Kier molecular flexibility index (Phi) is 8.81. The predicted molar refractivity (Wildman–Crippen MR) is 156 cm³/mol. The second-order valence-corrected chi connectivity index (χ2v) is 11.2. The van der Waals surface area contributed by atoms with Gasteiger partial charge in [-0.15, -0.1) is 0 Å². The largest absolute Gasteiger partial charge is 0.379 e. The number of rotatable bonds is 3. The van der Waals surface area contributed by atoms with Crippen molar-refractivity contribution in [1.29, 1.82) is 0 Å². The zero-order valence-corrected chi connectivity index (χ0v) is 24.4. The second-order valence-electron chi connectivity index (χ2n) is 11.2. The van der Waals surface area contributed by atoms with Crippen LogP contribution in [0.1, 0.15) is 71.9 Å². The Bertz CT molecular complexity index is 1380. The zero-order valence-electron chi connectivity index (χ0n) is 24.4. The number of hydrogen-bond acceptors (Lipinski definition) is 6. The van der Waals surface area contributed by atoms with Gasteiger partial charge in [0, 0.05) is 64.6 Å². The van der Waals surface area contributed by atoms with E-state index in [2.05, 4.69) is 33.2 Å². The van der Waals surface area contributed by atoms with Crippen LogP contribution in [0.15, 0.2) is 24.3 Å². The molecule has 0 radical (unpaired) electrons.